The number of rotatable bonds is 3. The van der Waals surface area contributed by atoms with Crippen molar-refractivity contribution in [2.24, 2.45) is 0 Å². The lowest BCUT2D eigenvalue weighted by atomic mass is 10.1. The molecule has 0 bridgehead atoms. The van der Waals surface area contributed by atoms with Crippen LogP contribution in [0.2, 0.25) is 5.02 Å². The van der Waals surface area contributed by atoms with Crippen LogP contribution in [0.1, 0.15) is 5.56 Å². The van der Waals surface area contributed by atoms with Gasteiger partial charge in [0.15, 0.2) is 0 Å². The fourth-order valence-corrected chi connectivity index (χ4v) is 2.90. The van der Waals surface area contributed by atoms with E-state index in [1.54, 1.807) is 18.2 Å². The van der Waals surface area contributed by atoms with E-state index in [1.165, 1.54) is 0 Å². The summed E-state index contributed by atoms with van der Waals surface area (Å²) in [4.78, 5) is 0. The smallest absolute Gasteiger partial charge is 0.142 e. The lowest BCUT2D eigenvalue weighted by molar-refractivity contribution is 0.276. The Morgan fingerprint density at radius 1 is 1.00 bits per heavy atom. The Balaban J connectivity index is 2.06. The van der Waals surface area contributed by atoms with E-state index in [-0.39, 0.29) is 6.61 Å². The van der Waals surface area contributed by atoms with Gasteiger partial charge in [-0.1, -0.05) is 48.0 Å². The van der Waals surface area contributed by atoms with Crippen LogP contribution >= 0.6 is 27.5 Å². The highest BCUT2D eigenvalue weighted by Gasteiger charge is 2.10. The second-order valence-corrected chi connectivity index (χ2v) is 5.84. The Kier molecular flexibility index (Phi) is 4.15. The molecule has 0 saturated carbocycles. The van der Waals surface area contributed by atoms with Crippen LogP contribution in [0.5, 0.6) is 11.5 Å². The third-order valence-corrected chi connectivity index (χ3v) is 4.30. The summed E-state index contributed by atoms with van der Waals surface area (Å²) in [5.41, 5.74) is 0.694. The number of hydrogen-bond donors (Lipinski definition) is 1. The largest absolute Gasteiger partial charge is 0.456 e. The first-order valence-electron chi connectivity index (χ1n) is 6.43. The molecule has 0 aliphatic heterocycles. The summed E-state index contributed by atoms with van der Waals surface area (Å²) in [6.07, 6.45) is 0. The van der Waals surface area contributed by atoms with Gasteiger partial charge in [0, 0.05) is 10.6 Å². The molecule has 0 saturated heterocycles. The summed E-state index contributed by atoms with van der Waals surface area (Å²) in [5.74, 6) is 1.24. The van der Waals surface area contributed by atoms with Gasteiger partial charge in [-0.2, -0.15) is 0 Å². The zero-order valence-corrected chi connectivity index (χ0v) is 13.4. The van der Waals surface area contributed by atoms with Crippen LogP contribution in [-0.2, 0) is 6.61 Å². The maximum Gasteiger partial charge on any atom is 0.142 e. The molecule has 3 aromatic carbocycles. The Hall–Kier alpha value is -1.55. The molecule has 0 spiro atoms. The molecule has 1 N–H and O–H groups in total. The molecule has 0 heterocycles. The Bertz CT molecular complexity index is 802. The fraction of sp³-hybridized carbons (Fsp3) is 0.0588. The summed E-state index contributed by atoms with van der Waals surface area (Å²) < 4.78 is 6.81. The molecule has 4 heteroatoms. The van der Waals surface area contributed by atoms with Gasteiger partial charge >= 0.3 is 0 Å². The number of aliphatic hydroxyl groups is 1. The van der Waals surface area contributed by atoms with Crippen molar-refractivity contribution in [3.05, 3.63) is 69.7 Å². The van der Waals surface area contributed by atoms with E-state index >= 15 is 0 Å². The first kappa shape index (κ1) is 14.4. The van der Waals surface area contributed by atoms with Gasteiger partial charge in [0.25, 0.3) is 0 Å². The minimum Gasteiger partial charge on any atom is -0.456 e. The number of hydrogen-bond acceptors (Lipinski definition) is 2. The van der Waals surface area contributed by atoms with Crippen molar-refractivity contribution in [3.8, 4) is 11.5 Å². The number of halogens is 2. The summed E-state index contributed by atoms with van der Waals surface area (Å²) in [6.45, 7) is -0.0995. The van der Waals surface area contributed by atoms with E-state index in [2.05, 4.69) is 15.9 Å². The number of ether oxygens (including phenoxy) is 1. The standard InChI is InChI=1S/C17H12BrClO2/c18-17-14-4-2-1-3-11(14)6-8-15(17)21-16-9-13(19)7-5-12(16)10-20/h1-9,20H,10H2. The minimum atomic E-state index is -0.0995. The van der Waals surface area contributed by atoms with Gasteiger partial charge in [0.1, 0.15) is 11.5 Å². The average Bonchev–Trinajstić information content (AvgIpc) is 2.51. The predicted octanol–water partition coefficient (Wildman–Crippen LogP) is 5.54. The van der Waals surface area contributed by atoms with E-state index in [4.69, 9.17) is 16.3 Å². The quantitative estimate of drug-likeness (QED) is 0.662. The number of fused-ring (bicyclic) bond motifs is 1. The van der Waals surface area contributed by atoms with Crippen LogP contribution in [-0.4, -0.2) is 5.11 Å². The molecule has 21 heavy (non-hydrogen) atoms. The first-order chi connectivity index (χ1) is 10.2. The van der Waals surface area contributed by atoms with Gasteiger partial charge in [-0.05, 0) is 44.9 Å². The fourth-order valence-electron chi connectivity index (χ4n) is 2.16. The van der Waals surface area contributed by atoms with E-state index in [0.29, 0.717) is 22.1 Å². The Morgan fingerprint density at radius 2 is 1.81 bits per heavy atom. The molecule has 106 valence electrons. The molecule has 0 aliphatic carbocycles. The van der Waals surface area contributed by atoms with E-state index in [1.807, 2.05) is 36.4 Å². The van der Waals surface area contributed by atoms with Gasteiger partial charge in [0.05, 0.1) is 11.1 Å². The van der Waals surface area contributed by atoms with Crippen molar-refractivity contribution >= 4 is 38.3 Å². The lowest BCUT2D eigenvalue weighted by Gasteiger charge is -2.13. The second kappa shape index (κ2) is 6.06. The SMILES string of the molecule is OCc1ccc(Cl)cc1Oc1ccc2ccccc2c1Br. The van der Waals surface area contributed by atoms with Crippen LogP contribution in [0.15, 0.2) is 59.1 Å². The van der Waals surface area contributed by atoms with E-state index < -0.39 is 0 Å². The average molecular weight is 364 g/mol. The summed E-state index contributed by atoms with van der Waals surface area (Å²) in [7, 11) is 0. The molecule has 0 atom stereocenters. The molecule has 0 fully saturated rings. The van der Waals surface area contributed by atoms with Crippen molar-refractivity contribution in [1.29, 1.82) is 0 Å². The first-order valence-corrected chi connectivity index (χ1v) is 7.60. The number of benzene rings is 3. The molecule has 2 nitrogen and oxygen atoms in total. The monoisotopic (exact) mass is 362 g/mol. The topological polar surface area (TPSA) is 29.5 Å². The van der Waals surface area contributed by atoms with Crippen molar-refractivity contribution in [1.82, 2.24) is 0 Å². The Morgan fingerprint density at radius 3 is 2.62 bits per heavy atom. The van der Waals surface area contributed by atoms with E-state index in [0.717, 1.165) is 15.2 Å². The second-order valence-electron chi connectivity index (χ2n) is 4.61. The number of aliphatic hydroxyl groups excluding tert-OH is 1. The van der Waals surface area contributed by atoms with Crippen LogP contribution in [0.25, 0.3) is 10.8 Å². The van der Waals surface area contributed by atoms with Crippen LogP contribution in [0, 0.1) is 0 Å². The maximum absolute atomic E-state index is 9.39. The zero-order chi connectivity index (χ0) is 14.8. The van der Waals surface area contributed by atoms with Gasteiger partial charge < -0.3 is 9.84 Å². The highest BCUT2D eigenvalue weighted by Crippen LogP contribution is 2.37. The Labute approximate surface area is 136 Å². The summed E-state index contributed by atoms with van der Waals surface area (Å²) in [5, 5.41) is 12.2. The molecule has 0 aliphatic rings. The van der Waals surface area contributed by atoms with Crippen LogP contribution in [0.4, 0.5) is 0 Å². The maximum atomic E-state index is 9.39. The highest BCUT2D eigenvalue weighted by atomic mass is 79.9. The molecular weight excluding hydrogens is 352 g/mol. The molecular formula is C17H12BrClO2. The van der Waals surface area contributed by atoms with E-state index in [9.17, 15) is 5.11 Å². The normalized spacial score (nSPS) is 10.8. The van der Waals surface area contributed by atoms with Gasteiger partial charge in [-0.25, -0.2) is 0 Å². The van der Waals surface area contributed by atoms with Crippen LogP contribution in [0.3, 0.4) is 0 Å². The predicted molar refractivity (Wildman–Crippen MR) is 89.1 cm³/mol. The van der Waals surface area contributed by atoms with Crippen molar-refractivity contribution < 1.29 is 9.84 Å². The van der Waals surface area contributed by atoms with Gasteiger partial charge in [0.2, 0.25) is 0 Å². The summed E-state index contributed by atoms with van der Waals surface area (Å²) >= 11 is 9.59. The molecule has 0 aromatic heterocycles. The molecule has 0 unspecified atom stereocenters. The third kappa shape index (κ3) is 2.91. The van der Waals surface area contributed by atoms with Gasteiger partial charge in [-0.3, -0.25) is 0 Å². The van der Waals surface area contributed by atoms with Crippen molar-refractivity contribution in [2.45, 2.75) is 6.61 Å². The molecule has 3 aromatic rings. The molecule has 0 radical (unpaired) electrons. The van der Waals surface area contributed by atoms with Crippen molar-refractivity contribution in [2.75, 3.05) is 0 Å². The minimum absolute atomic E-state index is 0.0995. The molecule has 3 rings (SSSR count). The van der Waals surface area contributed by atoms with Crippen molar-refractivity contribution in [3.63, 3.8) is 0 Å². The lowest BCUT2D eigenvalue weighted by Crippen LogP contribution is -1.92. The molecule has 0 amide bonds. The van der Waals surface area contributed by atoms with Crippen LogP contribution < -0.4 is 4.74 Å². The summed E-state index contributed by atoms with van der Waals surface area (Å²) in [6, 6.07) is 17.1. The highest BCUT2D eigenvalue weighted by molar-refractivity contribution is 9.10. The third-order valence-electron chi connectivity index (χ3n) is 3.25. The zero-order valence-electron chi connectivity index (χ0n) is 11.0. The van der Waals surface area contributed by atoms with Gasteiger partial charge in [-0.15, -0.1) is 0 Å².